The van der Waals surface area contributed by atoms with Gasteiger partial charge in [-0.05, 0) is 0 Å². The van der Waals surface area contributed by atoms with E-state index >= 15 is 0 Å². The van der Waals surface area contributed by atoms with Gasteiger partial charge in [0, 0.05) is 32.2 Å². The Morgan fingerprint density at radius 1 is 1.00 bits per heavy atom. The molecule has 1 aromatic carbocycles. The highest BCUT2D eigenvalue weighted by Gasteiger charge is 2.23. The summed E-state index contributed by atoms with van der Waals surface area (Å²) >= 11 is 0. The van der Waals surface area contributed by atoms with Gasteiger partial charge in [-0.15, -0.1) is 0 Å². The van der Waals surface area contributed by atoms with Crippen LogP contribution in [0, 0.1) is 0 Å². The first kappa shape index (κ1) is 14.6. The Bertz CT molecular complexity index is 671. The van der Waals surface area contributed by atoms with Crippen molar-refractivity contribution in [1.29, 1.82) is 0 Å². The summed E-state index contributed by atoms with van der Waals surface area (Å²) in [5, 5.41) is 4.19. The van der Waals surface area contributed by atoms with Crippen molar-refractivity contribution in [2.45, 2.75) is 0 Å². The average molecular weight is 304 g/mol. The number of ether oxygens (including phenoxy) is 3. The summed E-state index contributed by atoms with van der Waals surface area (Å²) < 4.78 is 16.5. The smallest absolute Gasteiger partial charge is 0.204 e. The first-order valence-corrected chi connectivity index (χ1v) is 7.19. The SMILES string of the molecule is COc1cc2ncnc(N3CCNCC3)c2c(OC)c1OC. The first-order valence-electron chi connectivity index (χ1n) is 7.19. The molecule has 0 amide bonds. The van der Waals surface area contributed by atoms with E-state index in [0.717, 1.165) is 42.9 Å². The van der Waals surface area contributed by atoms with E-state index in [1.165, 1.54) is 0 Å². The molecule has 7 heteroatoms. The number of methoxy groups -OCH3 is 3. The van der Waals surface area contributed by atoms with Crippen molar-refractivity contribution in [2.24, 2.45) is 0 Å². The van der Waals surface area contributed by atoms with Gasteiger partial charge in [0.1, 0.15) is 12.1 Å². The van der Waals surface area contributed by atoms with Gasteiger partial charge in [-0.25, -0.2) is 9.97 Å². The second-order valence-corrected chi connectivity index (χ2v) is 4.97. The minimum atomic E-state index is 0.559. The van der Waals surface area contributed by atoms with Crippen molar-refractivity contribution >= 4 is 16.7 Å². The van der Waals surface area contributed by atoms with Crippen LogP contribution in [0.3, 0.4) is 0 Å². The molecule has 0 saturated carbocycles. The fraction of sp³-hybridized carbons (Fsp3) is 0.467. The Labute approximate surface area is 129 Å². The number of nitrogens with zero attached hydrogens (tertiary/aromatic N) is 3. The second-order valence-electron chi connectivity index (χ2n) is 4.97. The number of benzene rings is 1. The van der Waals surface area contributed by atoms with Gasteiger partial charge in [0.25, 0.3) is 0 Å². The lowest BCUT2D eigenvalue weighted by atomic mass is 10.1. The van der Waals surface area contributed by atoms with Crippen LogP contribution in [0.15, 0.2) is 12.4 Å². The molecule has 1 aliphatic rings. The lowest BCUT2D eigenvalue weighted by molar-refractivity contribution is 0.327. The summed E-state index contributed by atoms with van der Waals surface area (Å²) in [7, 11) is 4.81. The molecule has 0 unspecified atom stereocenters. The second kappa shape index (κ2) is 6.23. The maximum absolute atomic E-state index is 5.60. The summed E-state index contributed by atoms with van der Waals surface area (Å²) in [6, 6.07) is 1.85. The van der Waals surface area contributed by atoms with Gasteiger partial charge >= 0.3 is 0 Å². The number of piperazine rings is 1. The van der Waals surface area contributed by atoms with E-state index in [2.05, 4.69) is 20.2 Å². The molecule has 0 aliphatic carbocycles. The first-order chi connectivity index (χ1) is 10.8. The normalized spacial score (nSPS) is 15.0. The van der Waals surface area contributed by atoms with Crippen LogP contribution in [-0.4, -0.2) is 57.5 Å². The van der Waals surface area contributed by atoms with Crippen LogP contribution in [0.1, 0.15) is 0 Å². The van der Waals surface area contributed by atoms with Crippen LogP contribution in [0.2, 0.25) is 0 Å². The zero-order chi connectivity index (χ0) is 15.5. The molecule has 7 nitrogen and oxygen atoms in total. The van der Waals surface area contributed by atoms with E-state index in [4.69, 9.17) is 14.2 Å². The molecule has 1 aliphatic heterocycles. The highest BCUT2D eigenvalue weighted by Crippen LogP contribution is 2.45. The Hall–Kier alpha value is -2.28. The van der Waals surface area contributed by atoms with E-state index in [9.17, 15) is 0 Å². The number of nitrogens with one attached hydrogen (secondary N) is 1. The number of rotatable bonds is 4. The molecule has 0 atom stereocenters. The number of hydrogen-bond donors (Lipinski definition) is 1. The minimum Gasteiger partial charge on any atom is -0.493 e. The maximum atomic E-state index is 5.60. The van der Waals surface area contributed by atoms with Gasteiger partial charge in [-0.2, -0.15) is 0 Å². The minimum absolute atomic E-state index is 0.559. The molecule has 0 radical (unpaired) electrons. The molecule has 3 rings (SSSR count). The third kappa shape index (κ3) is 2.37. The van der Waals surface area contributed by atoms with Crippen molar-refractivity contribution < 1.29 is 14.2 Å². The topological polar surface area (TPSA) is 68.7 Å². The molecule has 2 aromatic rings. The lowest BCUT2D eigenvalue weighted by Gasteiger charge is -2.29. The number of aromatic nitrogens is 2. The Morgan fingerprint density at radius 3 is 2.36 bits per heavy atom. The standard InChI is InChI=1S/C15H20N4O3/c1-20-11-8-10-12(14(22-3)13(11)21-2)15(18-9-17-10)19-6-4-16-5-7-19/h8-9,16H,4-7H2,1-3H3. The van der Waals surface area contributed by atoms with Gasteiger partial charge < -0.3 is 24.4 Å². The van der Waals surface area contributed by atoms with Crippen LogP contribution < -0.4 is 24.4 Å². The van der Waals surface area contributed by atoms with Crippen LogP contribution >= 0.6 is 0 Å². The zero-order valence-corrected chi connectivity index (χ0v) is 13.0. The van der Waals surface area contributed by atoms with E-state index < -0.39 is 0 Å². The number of anilines is 1. The van der Waals surface area contributed by atoms with Crippen LogP contribution in [0.25, 0.3) is 10.9 Å². The van der Waals surface area contributed by atoms with Gasteiger partial charge in [0.05, 0.1) is 32.2 Å². The van der Waals surface area contributed by atoms with Gasteiger partial charge in [0.2, 0.25) is 5.75 Å². The molecule has 2 heterocycles. The molecule has 1 N–H and O–H groups in total. The Balaban J connectivity index is 2.25. The predicted molar refractivity (Wildman–Crippen MR) is 84.3 cm³/mol. The fourth-order valence-electron chi connectivity index (χ4n) is 2.79. The molecule has 1 fully saturated rings. The molecule has 1 saturated heterocycles. The Morgan fingerprint density at radius 2 is 1.73 bits per heavy atom. The van der Waals surface area contributed by atoms with Crippen LogP contribution in [0.4, 0.5) is 5.82 Å². The van der Waals surface area contributed by atoms with Crippen LogP contribution in [0.5, 0.6) is 17.2 Å². The fourth-order valence-corrected chi connectivity index (χ4v) is 2.79. The molecule has 0 spiro atoms. The van der Waals surface area contributed by atoms with Crippen molar-refractivity contribution in [1.82, 2.24) is 15.3 Å². The zero-order valence-electron chi connectivity index (χ0n) is 13.0. The average Bonchev–Trinajstić information content (AvgIpc) is 2.60. The highest BCUT2D eigenvalue weighted by molar-refractivity contribution is 5.98. The van der Waals surface area contributed by atoms with E-state index in [-0.39, 0.29) is 0 Å². The van der Waals surface area contributed by atoms with E-state index in [1.807, 2.05) is 6.07 Å². The summed E-state index contributed by atoms with van der Waals surface area (Å²) in [6.07, 6.45) is 1.57. The van der Waals surface area contributed by atoms with Crippen molar-refractivity contribution in [2.75, 3.05) is 52.4 Å². The molecule has 0 bridgehead atoms. The molecular weight excluding hydrogens is 284 g/mol. The third-order valence-electron chi connectivity index (χ3n) is 3.83. The van der Waals surface area contributed by atoms with Crippen molar-refractivity contribution in [3.8, 4) is 17.2 Å². The monoisotopic (exact) mass is 304 g/mol. The molecule has 22 heavy (non-hydrogen) atoms. The maximum Gasteiger partial charge on any atom is 0.204 e. The summed E-state index contributed by atoms with van der Waals surface area (Å²) in [4.78, 5) is 11.1. The molecule has 1 aromatic heterocycles. The van der Waals surface area contributed by atoms with Crippen LogP contribution in [-0.2, 0) is 0 Å². The number of hydrogen-bond acceptors (Lipinski definition) is 7. The summed E-state index contributed by atoms with van der Waals surface area (Å²) in [5.41, 5.74) is 0.776. The lowest BCUT2D eigenvalue weighted by Crippen LogP contribution is -2.44. The van der Waals surface area contributed by atoms with Crippen molar-refractivity contribution in [3.05, 3.63) is 12.4 Å². The number of fused-ring (bicyclic) bond motifs is 1. The highest BCUT2D eigenvalue weighted by atomic mass is 16.5. The van der Waals surface area contributed by atoms with Gasteiger partial charge in [-0.3, -0.25) is 0 Å². The van der Waals surface area contributed by atoms with Crippen molar-refractivity contribution in [3.63, 3.8) is 0 Å². The van der Waals surface area contributed by atoms with E-state index in [1.54, 1.807) is 27.7 Å². The molecule has 118 valence electrons. The van der Waals surface area contributed by atoms with Gasteiger partial charge in [0.15, 0.2) is 11.5 Å². The predicted octanol–water partition coefficient (Wildman–Crippen LogP) is 1.07. The Kier molecular flexibility index (Phi) is 4.15. The summed E-state index contributed by atoms with van der Waals surface area (Å²) in [5.74, 6) is 2.62. The third-order valence-corrected chi connectivity index (χ3v) is 3.83. The molecular formula is C15H20N4O3. The summed E-state index contributed by atoms with van der Waals surface area (Å²) in [6.45, 7) is 3.65. The quantitative estimate of drug-likeness (QED) is 0.906. The largest absolute Gasteiger partial charge is 0.493 e. The van der Waals surface area contributed by atoms with Gasteiger partial charge in [-0.1, -0.05) is 0 Å². The van der Waals surface area contributed by atoms with E-state index in [0.29, 0.717) is 17.2 Å².